The summed E-state index contributed by atoms with van der Waals surface area (Å²) >= 11 is 0. The fraction of sp³-hybridized carbons (Fsp3) is 0.500. The number of halogens is 1. The normalized spacial score (nSPS) is 21.3. The second-order valence-corrected chi connectivity index (χ2v) is 4.80. The Morgan fingerprint density at radius 3 is 2.89 bits per heavy atom. The van der Waals surface area contributed by atoms with Gasteiger partial charge in [0.15, 0.2) is 11.6 Å². The number of hydrogen-bond donors (Lipinski definition) is 1. The number of nitrogens with zero attached hydrogens (tertiary/aromatic N) is 1. The van der Waals surface area contributed by atoms with Gasteiger partial charge in [-0.3, -0.25) is 9.69 Å². The van der Waals surface area contributed by atoms with Crippen molar-refractivity contribution in [3.8, 4) is 5.75 Å². The second-order valence-electron chi connectivity index (χ2n) is 4.80. The van der Waals surface area contributed by atoms with Gasteiger partial charge in [0, 0.05) is 6.04 Å². The van der Waals surface area contributed by atoms with Crippen molar-refractivity contribution in [2.75, 3.05) is 13.7 Å². The largest absolute Gasteiger partial charge is 0.494 e. The van der Waals surface area contributed by atoms with Crippen molar-refractivity contribution in [2.24, 2.45) is 0 Å². The molecule has 104 valence electrons. The number of carboxylic acid groups (broad SMARTS) is 1. The summed E-state index contributed by atoms with van der Waals surface area (Å²) < 4.78 is 18.6. The van der Waals surface area contributed by atoms with E-state index in [1.54, 1.807) is 12.1 Å². The third kappa shape index (κ3) is 2.71. The van der Waals surface area contributed by atoms with Crippen LogP contribution < -0.4 is 4.74 Å². The Bertz CT molecular complexity index is 478. The monoisotopic (exact) mass is 267 g/mol. The minimum absolute atomic E-state index is 0.121. The molecule has 0 saturated carbocycles. The molecule has 0 radical (unpaired) electrons. The fourth-order valence-corrected chi connectivity index (χ4v) is 2.65. The molecule has 1 aromatic carbocycles. The molecule has 1 saturated heterocycles. The number of rotatable bonds is 4. The summed E-state index contributed by atoms with van der Waals surface area (Å²) in [6, 6.07) is 4.18. The fourth-order valence-electron chi connectivity index (χ4n) is 2.65. The quantitative estimate of drug-likeness (QED) is 0.910. The molecule has 1 aliphatic rings. The van der Waals surface area contributed by atoms with Gasteiger partial charge < -0.3 is 9.84 Å². The zero-order valence-corrected chi connectivity index (χ0v) is 11.1. The summed E-state index contributed by atoms with van der Waals surface area (Å²) in [5.41, 5.74) is 0.770. The Morgan fingerprint density at radius 2 is 2.32 bits per heavy atom. The lowest BCUT2D eigenvalue weighted by Gasteiger charge is -2.28. The van der Waals surface area contributed by atoms with Gasteiger partial charge in [0.25, 0.3) is 0 Å². The first-order valence-electron chi connectivity index (χ1n) is 6.36. The van der Waals surface area contributed by atoms with Gasteiger partial charge in [-0.2, -0.15) is 0 Å². The van der Waals surface area contributed by atoms with Crippen LogP contribution in [0.2, 0.25) is 0 Å². The molecule has 0 bridgehead atoms. The van der Waals surface area contributed by atoms with Gasteiger partial charge in [0.05, 0.1) is 7.11 Å². The van der Waals surface area contributed by atoms with Crippen molar-refractivity contribution in [2.45, 2.75) is 31.8 Å². The molecule has 5 heteroatoms. The van der Waals surface area contributed by atoms with E-state index in [0.29, 0.717) is 6.42 Å². The lowest BCUT2D eigenvalue weighted by atomic mass is 10.1. The molecule has 0 aliphatic carbocycles. The molecule has 1 aromatic rings. The number of likely N-dealkylation sites (tertiary alicyclic amines) is 1. The van der Waals surface area contributed by atoms with Crippen molar-refractivity contribution in [1.82, 2.24) is 4.90 Å². The van der Waals surface area contributed by atoms with Crippen LogP contribution in [0.3, 0.4) is 0 Å². The third-order valence-corrected chi connectivity index (χ3v) is 3.73. The number of carboxylic acids is 1. The predicted octanol–water partition coefficient (Wildman–Crippen LogP) is 2.44. The maximum atomic E-state index is 13.7. The van der Waals surface area contributed by atoms with Crippen molar-refractivity contribution in [3.63, 3.8) is 0 Å². The summed E-state index contributed by atoms with van der Waals surface area (Å²) in [5, 5.41) is 9.18. The zero-order chi connectivity index (χ0) is 14.0. The van der Waals surface area contributed by atoms with Crippen LogP contribution in [-0.2, 0) is 4.79 Å². The van der Waals surface area contributed by atoms with Crippen molar-refractivity contribution < 1.29 is 19.0 Å². The Hall–Kier alpha value is -1.62. The molecule has 1 aliphatic heterocycles. The van der Waals surface area contributed by atoms with E-state index in [9.17, 15) is 14.3 Å². The van der Waals surface area contributed by atoms with Crippen LogP contribution in [0.15, 0.2) is 18.2 Å². The number of aliphatic carboxylic acids is 1. The van der Waals surface area contributed by atoms with Gasteiger partial charge >= 0.3 is 5.97 Å². The van der Waals surface area contributed by atoms with E-state index in [4.69, 9.17) is 4.74 Å². The minimum atomic E-state index is -0.807. The lowest BCUT2D eigenvalue weighted by Crippen LogP contribution is -2.37. The summed E-state index contributed by atoms with van der Waals surface area (Å²) in [6.07, 6.45) is 1.51. The molecule has 1 N–H and O–H groups in total. The molecule has 1 fully saturated rings. The third-order valence-electron chi connectivity index (χ3n) is 3.73. The first-order valence-corrected chi connectivity index (χ1v) is 6.36. The number of benzene rings is 1. The Morgan fingerprint density at radius 1 is 1.58 bits per heavy atom. The average Bonchev–Trinajstić information content (AvgIpc) is 2.87. The molecule has 1 unspecified atom stereocenters. The molecule has 0 amide bonds. The van der Waals surface area contributed by atoms with E-state index >= 15 is 0 Å². The van der Waals surface area contributed by atoms with E-state index < -0.39 is 17.8 Å². The van der Waals surface area contributed by atoms with Crippen molar-refractivity contribution in [3.05, 3.63) is 29.6 Å². The van der Waals surface area contributed by atoms with Gasteiger partial charge in [0.2, 0.25) is 0 Å². The van der Waals surface area contributed by atoms with Crippen LogP contribution in [-0.4, -0.2) is 35.7 Å². The summed E-state index contributed by atoms with van der Waals surface area (Å²) in [4.78, 5) is 13.1. The SMILES string of the molecule is COc1ccc(C(C)N2CCC[C@H]2C(=O)O)cc1F. The Labute approximate surface area is 111 Å². The van der Waals surface area contributed by atoms with E-state index in [0.717, 1.165) is 18.5 Å². The lowest BCUT2D eigenvalue weighted by molar-refractivity contribution is -0.142. The molecule has 0 spiro atoms. The van der Waals surface area contributed by atoms with E-state index in [1.807, 2.05) is 11.8 Å². The van der Waals surface area contributed by atoms with Crippen LogP contribution in [0.4, 0.5) is 4.39 Å². The Balaban J connectivity index is 2.21. The summed E-state index contributed by atoms with van der Waals surface area (Å²) in [6.45, 7) is 2.63. The topological polar surface area (TPSA) is 49.8 Å². The highest BCUT2D eigenvalue weighted by Gasteiger charge is 2.34. The highest BCUT2D eigenvalue weighted by molar-refractivity contribution is 5.73. The first-order chi connectivity index (χ1) is 9.04. The number of methoxy groups -OCH3 is 1. The van der Waals surface area contributed by atoms with Crippen LogP contribution in [0, 0.1) is 5.82 Å². The molecule has 19 heavy (non-hydrogen) atoms. The summed E-state index contributed by atoms with van der Waals surface area (Å²) in [7, 11) is 1.42. The zero-order valence-electron chi connectivity index (χ0n) is 11.1. The molecular formula is C14H18FNO3. The number of ether oxygens (including phenoxy) is 1. The van der Waals surface area contributed by atoms with E-state index in [1.165, 1.54) is 13.2 Å². The van der Waals surface area contributed by atoms with E-state index in [2.05, 4.69) is 0 Å². The van der Waals surface area contributed by atoms with Crippen LogP contribution >= 0.6 is 0 Å². The van der Waals surface area contributed by atoms with E-state index in [-0.39, 0.29) is 11.8 Å². The van der Waals surface area contributed by atoms with Gasteiger partial charge in [-0.05, 0) is 44.0 Å². The minimum Gasteiger partial charge on any atom is -0.494 e. The number of hydrogen-bond acceptors (Lipinski definition) is 3. The second kappa shape index (κ2) is 5.57. The smallest absolute Gasteiger partial charge is 0.320 e. The number of carbonyl (C=O) groups is 1. The van der Waals surface area contributed by atoms with Crippen LogP contribution in [0.5, 0.6) is 5.75 Å². The van der Waals surface area contributed by atoms with Gasteiger partial charge in [0.1, 0.15) is 6.04 Å². The highest BCUT2D eigenvalue weighted by Crippen LogP contribution is 2.31. The van der Waals surface area contributed by atoms with Crippen molar-refractivity contribution >= 4 is 5.97 Å². The molecule has 2 rings (SSSR count). The maximum Gasteiger partial charge on any atom is 0.320 e. The molecule has 4 nitrogen and oxygen atoms in total. The van der Waals surface area contributed by atoms with Crippen molar-refractivity contribution in [1.29, 1.82) is 0 Å². The molecule has 2 atom stereocenters. The Kier molecular flexibility index (Phi) is 4.04. The molecular weight excluding hydrogens is 249 g/mol. The van der Waals surface area contributed by atoms with Gasteiger partial charge in [-0.15, -0.1) is 0 Å². The highest BCUT2D eigenvalue weighted by atomic mass is 19.1. The standard InChI is InChI=1S/C14H18FNO3/c1-9(16-7-3-4-12(16)14(17)18)10-5-6-13(19-2)11(15)8-10/h5-6,8-9,12H,3-4,7H2,1-2H3,(H,17,18)/t9?,12-/m0/s1. The average molecular weight is 267 g/mol. The van der Waals surface area contributed by atoms with Gasteiger partial charge in [-0.1, -0.05) is 6.07 Å². The van der Waals surface area contributed by atoms with Crippen LogP contribution in [0.1, 0.15) is 31.4 Å². The van der Waals surface area contributed by atoms with Crippen LogP contribution in [0.25, 0.3) is 0 Å². The molecule has 0 aromatic heterocycles. The summed E-state index contributed by atoms with van der Waals surface area (Å²) in [5.74, 6) is -1.02. The molecule has 1 heterocycles. The first kappa shape index (κ1) is 13.8. The van der Waals surface area contributed by atoms with Gasteiger partial charge in [-0.25, -0.2) is 4.39 Å². The predicted molar refractivity (Wildman–Crippen MR) is 68.7 cm³/mol. The maximum absolute atomic E-state index is 13.7.